The van der Waals surface area contributed by atoms with E-state index < -0.39 is 12.3 Å². The summed E-state index contributed by atoms with van der Waals surface area (Å²) in [6, 6.07) is 16.8. The molecule has 6 rings (SSSR count). The number of nitrogens with one attached hydrogen (secondary N) is 1. The summed E-state index contributed by atoms with van der Waals surface area (Å²) in [5.41, 5.74) is 8.07. The predicted octanol–water partition coefficient (Wildman–Crippen LogP) is 5.41. The number of aryl methyl sites for hydroxylation is 1. The van der Waals surface area contributed by atoms with Gasteiger partial charge in [-0.15, -0.1) is 0 Å². The Bertz CT molecular complexity index is 1690. The van der Waals surface area contributed by atoms with Crippen LogP contribution in [0.4, 0.5) is 24.9 Å². The van der Waals surface area contributed by atoms with Gasteiger partial charge in [0.05, 0.1) is 18.0 Å². The van der Waals surface area contributed by atoms with Gasteiger partial charge in [-0.05, 0) is 67.9 Å². The van der Waals surface area contributed by atoms with Crippen molar-refractivity contribution < 1.29 is 27.4 Å². The van der Waals surface area contributed by atoms with Gasteiger partial charge >= 0.3 is 12.1 Å². The van der Waals surface area contributed by atoms with Crippen LogP contribution in [-0.2, 0) is 9.53 Å². The summed E-state index contributed by atoms with van der Waals surface area (Å²) in [5, 5.41) is 7.66. The number of alkyl halides is 3. The number of hydrogen-bond donors (Lipinski definition) is 2. The molecule has 46 heavy (non-hydrogen) atoms. The first-order chi connectivity index (χ1) is 22.0. The van der Waals surface area contributed by atoms with Crippen molar-refractivity contribution in [3.63, 3.8) is 0 Å². The number of carbonyl (C=O) groups excluding carboxylic acids is 1. The third kappa shape index (κ3) is 6.64. The van der Waals surface area contributed by atoms with Gasteiger partial charge in [0, 0.05) is 37.5 Å². The maximum Gasteiger partial charge on any atom is 0.429 e. The average molecular weight is 636 g/mol. The molecule has 3 N–H and O–H groups in total. The van der Waals surface area contributed by atoms with Gasteiger partial charge in [0.25, 0.3) is 0 Å². The summed E-state index contributed by atoms with van der Waals surface area (Å²) in [6.07, 6.45) is -3.38. The van der Waals surface area contributed by atoms with Crippen LogP contribution >= 0.6 is 0 Å². The van der Waals surface area contributed by atoms with Crippen molar-refractivity contribution in [1.82, 2.24) is 25.1 Å². The molecule has 10 nitrogen and oxygen atoms in total. The highest BCUT2D eigenvalue weighted by Crippen LogP contribution is 2.43. The van der Waals surface area contributed by atoms with E-state index in [1.807, 2.05) is 35.2 Å². The molecule has 2 aromatic heterocycles. The van der Waals surface area contributed by atoms with E-state index in [2.05, 4.69) is 20.4 Å². The maximum absolute atomic E-state index is 14.9. The number of anilines is 2. The molecule has 2 fully saturated rings. The van der Waals surface area contributed by atoms with Crippen molar-refractivity contribution in [2.45, 2.75) is 51.4 Å². The van der Waals surface area contributed by atoms with E-state index >= 15 is 0 Å². The van der Waals surface area contributed by atoms with E-state index in [0.29, 0.717) is 49.7 Å². The van der Waals surface area contributed by atoms with E-state index in [1.54, 1.807) is 38.2 Å². The number of halogens is 3. The lowest BCUT2D eigenvalue weighted by atomic mass is 9.76. The highest BCUT2D eigenvalue weighted by molar-refractivity contribution is 5.76. The molecule has 2 aromatic carbocycles. The summed E-state index contributed by atoms with van der Waals surface area (Å²) >= 11 is 0. The molecule has 1 spiro atoms. The molecular weight excluding hydrogens is 599 g/mol. The topological polar surface area (TPSA) is 120 Å². The second-order valence-corrected chi connectivity index (χ2v) is 11.9. The number of nitrogens with two attached hydrogens (primary N) is 1. The van der Waals surface area contributed by atoms with Gasteiger partial charge < -0.3 is 25.4 Å². The Morgan fingerprint density at radius 3 is 2.52 bits per heavy atom. The highest BCUT2D eigenvalue weighted by atomic mass is 19.4. The fraction of sp³-hybridized carbons (Fsp3) is 0.394. The van der Waals surface area contributed by atoms with Crippen molar-refractivity contribution in [3.8, 4) is 22.7 Å². The molecule has 0 saturated carbocycles. The van der Waals surface area contributed by atoms with Crippen LogP contribution in [0.15, 0.2) is 66.9 Å². The Kier molecular flexibility index (Phi) is 8.60. The predicted molar refractivity (Wildman–Crippen MR) is 167 cm³/mol. The summed E-state index contributed by atoms with van der Waals surface area (Å²) in [6.45, 7) is 5.73. The van der Waals surface area contributed by atoms with Crippen LogP contribution in [-0.4, -0.2) is 64.2 Å². The van der Waals surface area contributed by atoms with Crippen molar-refractivity contribution in [3.05, 3.63) is 78.1 Å². The minimum absolute atomic E-state index is 0.0712. The van der Waals surface area contributed by atoms with Crippen LogP contribution in [0.2, 0.25) is 0 Å². The number of nitrogen functional groups attached to an aromatic ring is 1. The second-order valence-electron chi connectivity index (χ2n) is 11.9. The lowest BCUT2D eigenvalue weighted by Crippen LogP contribution is -2.41. The molecule has 0 radical (unpaired) electrons. The average Bonchev–Trinajstić information content (AvgIpc) is 3.66. The zero-order valence-electron chi connectivity index (χ0n) is 25.6. The Balaban J connectivity index is 1.28. The number of aromatic nitrogens is 4. The number of piperidine rings is 1. The molecule has 242 valence electrons. The Labute approximate surface area is 264 Å². The molecule has 2 saturated heterocycles. The second kappa shape index (κ2) is 12.6. The highest BCUT2D eigenvalue weighted by Gasteiger charge is 2.46. The molecule has 2 aliphatic rings. The number of esters is 1. The standard InChI is InChI=1S/C33H36F3N7O3/c1-3-45-30(44)25-19-32(20-38-25)12-15-42(16-13-32)27-18-28(40-31(37)39-27)46-29(33(34,35)36)24-17-23(22-7-5-4-6-8-22)9-10-26(24)43-14-11-21(2)41-43/h4-11,14,17-18,25,29,38H,3,12-13,15-16,19-20H2,1-2H3,(H2,37,39,40)/t25-,29+/m0/s1. The molecular formula is C33H36F3N7O3. The SMILES string of the molecule is CCOC(=O)[C@@H]1CC2(CCN(c3cc(O[C@H](c4cc(-c5ccccc5)ccc4-n4ccc(C)n4)C(F)(F)F)nc(N)n3)CC2)CN1. The largest absolute Gasteiger partial charge is 0.465 e. The molecule has 2 aliphatic heterocycles. The molecule has 0 unspecified atom stereocenters. The zero-order valence-corrected chi connectivity index (χ0v) is 25.6. The third-order valence-electron chi connectivity index (χ3n) is 8.71. The lowest BCUT2D eigenvalue weighted by molar-refractivity contribution is -0.198. The lowest BCUT2D eigenvalue weighted by Gasteiger charge is -2.39. The molecule has 2 atom stereocenters. The van der Waals surface area contributed by atoms with Crippen LogP contribution in [0.3, 0.4) is 0 Å². The number of benzene rings is 2. The number of ether oxygens (including phenoxy) is 2. The fourth-order valence-electron chi connectivity index (χ4n) is 6.33. The van der Waals surface area contributed by atoms with Crippen molar-refractivity contribution in [1.29, 1.82) is 0 Å². The first kappa shape index (κ1) is 31.3. The van der Waals surface area contributed by atoms with Gasteiger partial charge in [-0.25, -0.2) is 4.68 Å². The van der Waals surface area contributed by atoms with Crippen molar-refractivity contribution in [2.24, 2.45) is 5.41 Å². The molecule has 0 bridgehead atoms. The minimum Gasteiger partial charge on any atom is -0.465 e. The number of hydrogen-bond acceptors (Lipinski definition) is 9. The van der Waals surface area contributed by atoms with Crippen LogP contribution in [0.1, 0.15) is 43.5 Å². The maximum atomic E-state index is 14.9. The third-order valence-corrected chi connectivity index (χ3v) is 8.71. The smallest absolute Gasteiger partial charge is 0.429 e. The minimum atomic E-state index is -4.81. The molecule has 13 heteroatoms. The van der Waals surface area contributed by atoms with Crippen LogP contribution < -0.4 is 20.7 Å². The quantitative estimate of drug-likeness (QED) is 0.245. The van der Waals surface area contributed by atoms with Gasteiger partial charge in [-0.1, -0.05) is 36.4 Å². The van der Waals surface area contributed by atoms with E-state index in [-0.39, 0.29) is 40.5 Å². The fourth-order valence-corrected chi connectivity index (χ4v) is 6.33. The van der Waals surface area contributed by atoms with E-state index in [9.17, 15) is 18.0 Å². The molecule has 4 aromatic rings. The molecule has 4 heterocycles. The number of nitrogens with zero attached hydrogens (tertiary/aromatic N) is 5. The number of rotatable bonds is 8. The monoisotopic (exact) mass is 635 g/mol. The Hall–Kier alpha value is -4.65. The van der Waals surface area contributed by atoms with Gasteiger partial charge in [-0.3, -0.25) is 4.79 Å². The normalized spacial score (nSPS) is 18.5. The van der Waals surface area contributed by atoms with Crippen LogP contribution in [0, 0.1) is 12.3 Å². The summed E-state index contributed by atoms with van der Waals surface area (Å²) in [4.78, 5) is 22.6. The van der Waals surface area contributed by atoms with E-state index in [1.165, 1.54) is 16.8 Å². The first-order valence-electron chi connectivity index (χ1n) is 15.3. The van der Waals surface area contributed by atoms with Gasteiger partial charge in [0.2, 0.25) is 17.9 Å². The molecule has 0 aliphatic carbocycles. The van der Waals surface area contributed by atoms with Gasteiger partial charge in [-0.2, -0.15) is 28.2 Å². The van der Waals surface area contributed by atoms with Crippen LogP contribution in [0.5, 0.6) is 5.88 Å². The Morgan fingerprint density at radius 1 is 1.09 bits per heavy atom. The van der Waals surface area contributed by atoms with Gasteiger partial charge in [0.1, 0.15) is 11.9 Å². The van der Waals surface area contributed by atoms with Crippen LogP contribution in [0.25, 0.3) is 16.8 Å². The van der Waals surface area contributed by atoms with Gasteiger partial charge in [0.15, 0.2) is 0 Å². The summed E-state index contributed by atoms with van der Waals surface area (Å²) < 4.78 is 57.0. The zero-order chi connectivity index (χ0) is 32.5. The summed E-state index contributed by atoms with van der Waals surface area (Å²) in [5.74, 6) is -0.346. The van der Waals surface area contributed by atoms with Crippen molar-refractivity contribution in [2.75, 3.05) is 36.9 Å². The number of carbonyl (C=O) groups is 1. The van der Waals surface area contributed by atoms with Crippen molar-refractivity contribution >= 4 is 17.7 Å². The first-order valence-corrected chi connectivity index (χ1v) is 15.3. The van der Waals surface area contributed by atoms with E-state index in [0.717, 1.165) is 18.4 Å². The summed E-state index contributed by atoms with van der Waals surface area (Å²) in [7, 11) is 0. The Morgan fingerprint density at radius 2 is 1.85 bits per heavy atom. The van der Waals surface area contributed by atoms with E-state index in [4.69, 9.17) is 15.2 Å². The molecule has 0 amide bonds.